The van der Waals surface area contributed by atoms with Crippen LogP contribution < -0.4 is 10.3 Å². The number of nitrogens with one attached hydrogen (secondary N) is 2. The molecule has 0 radical (unpaired) electrons. The summed E-state index contributed by atoms with van der Waals surface area (Å²) in [7, 11) is 0. The van der Waals surface area contributed by atoms with Gasteiger partial charge in [0.05, 0.1) is 6.54 Å². The molecule has 176 valence electrons. The van der Waals surface area contributed by atoms with Gasteiger partial charge in [-0.3, -0.25) is 4.79 Å². The Balaban J connectivity index is 1.45. The molecule has 3 aromatic carbocycles. The van der Waals surface area contributed by atoms with Crippen molar-refractivity contribution in [2.45, 2.75) is 13.5 Å². The Morgan fingerprint density at radius 2 is 1.58 bits per heavy atom. The van der Waals surface area contributed by atoms with Gasteiger partial charge in [-0.25, -0.2) is 10.1 Å². The molecule has 0 unspecified atom stereocenters. The molecule has 0 amide bonds. The predicted octanol–water partition coefficient (Wildman–Crippen LogP) is 4.12. The number of fused-ring (bicyclic) bond motifs is 1. The van der Waals surface area contributed by atoms with Crippen LogP contribution in [0.2, 0.25) is 0 Å². The number of hydrogen-bond acceptors (Lipinski definition) is 7. The summed E-state index contributed by atoms with van der Waals surface area (Å²) in [4.78, 5) is 17.6. The molecule has 6 aromatic rings. The molecule has 0 aliphatic carbocycles. The molecule has 3 aromatic heterocycles. The first-order valence-corrected chi connectivity index (χ1v) is 11.3. The van der Waals surface area contributed by atoms with Gasteiger partial charge in [0.25, 0.3) is 11.4 Å². The van der Waals surface area contributed by atoms with E-state index in [2.05, 4.69) is 35.8 Å². The second-order valence-corrected chi connectivity index (χ2v) is 8.15. The Bertz CT molecular complexity index is 1720. The normalized spacial score (nSPS) is 11.1. The van der Waals surface area contributed by atoms with Crippen LogP contribution in [0.4, 0.5) is 0 Å². The Morgan fingerprint density at radius 1 is 0.861 bits per heavy atom. The quantitative estimate of drug-likeness (QED) is 0.370. The van der Waals surface area contributed by atoms with E-state index in [9.17, 15) is 4.79 Å². The van der Waals surface area contributed by atoms with E-state index in [1.54, 1.807) is 0 Å². The fourth-order valence-corrected chi connectivity index (χ4v) is 4.30. The molecule has 0 atom stereocenters. The van der Waals surface area contributed by atoms with Gasteiger partial charge in [-0.2, -0.15) is 5.21 Å². The first kappa shape index (κ1) is 21.4. The topological polar surface area (TPSA) is 127 Å². The van der Waals surface area contributed by atoms with Crippen molar-refractivity contribution in [3.63, 3.8) is 0 Å². The lowest BCUT2D eigenvalue weighted by atomic mass is 9.95. The molecule has 0 aliphatic heterocycles. The zero-order valence-corrected chi connectivity index (χ0v) is 19.2. The van der Waals surface area contributed by atoms with Gasteiger partial charge in [-0.1, -0.05) is 66.7 Å². The summed E-state index contributed by atoms with van der Waals surface area (Å²) in [6, 6.07) is 25.2. The van der Waals surface area contributed by atoms with E-state index in [0.717, 1.165) is 22.3 Å². The fraction of sp³-hybridized carbons (Fsp3) is 0.0769. The summed E-state index contributed by atoms with van der Waals surface area (Å²) in [5.41, 5.74) is 4.27. The van der Waals surface area contributed by atoms with Crippen LogP contribution in [-0.4, -0.2) is 40.4 Å². The number of aromatic nitrogens is 8. The van der Waals surface area contributed by atoms with E-state index < -0.39 is 0 Å². The number of nitrogens with zero attached hydrogens (tertiary/aromatic N) is 6. The highest BCUT2D eigenvalue weighted by molar-refractivity contribution is 5.83. The summed E-state index contributed by atoms with van der Waals surface area (Å²) in [6.45, 7) is 2.28. The van der Waals surface area contributed by atoms with Crippen LogP contribution in [0.1, 0.15) is 11.4 Å². The van der Waals surface area contributed by atoms with Crippen LogP contribution in [0.25, 0.3) is 33.5 Å². The average Bonchev–Trinajstić information content (AvgIpc) is 3.56. The first-order valence-electron chi connectivity index (χ1n) is 11.3. The van der Waals surface area contributed by atoms with E-state index >= 15 is 0 Å². The van der Waals surface area contributed by atoms with Crippen molar-refractivity contribution >= 4 is 11.0 Å². The molecule has 10 nitrogen and oxygen atoms in total. The summed E-state index contributed by atoms with van der Waals surface area (Å²) >= 11 is 0. The average molecular weight is 477 g/mol. The maximum Gasteiger partial charge on any atom is 0.290 e. The molecule has 6 rings (SSSR count). The number of para-hydroxylation sites is 1. The number of imidazole rings is 1. The number of rotatable bonds is 6. The standard InChI is InChI=1S/C26H20N8O2/c1-16-27-22-23(25(35)30-31-26(22)36-18-10-3-2-4-11-18)34(16)15-17-9-5-6-12-19(17)20-13-7-8-14-21(20)24-28-32-33-29-24/h2-14H,15H2,1H3,(H,30,35)(H,28,29,32,33). The lowest BCUT2D eigenvalue weighted by molar-refractivity contribution is 0.460. The molecule has 10 heteroatoms. The van der Waals surface area contributed by atoms with Crippen LogP contribution >= 0.6 is 0 Å². The number of tetrazole rings is 1. The Kier molecular flexibility index (Phi) is 5.30. The fourth-order valence-electron chi connectivity index (χ4n) is 4.30. The molecular weight excluding hydrogens is 456 g/mol. The molecule has 0 saturated heterocycles. The molecule has 0 aliphatic rings. The van der Waals surface area contributed by atoms with Crippen LogP contribution in [0.15, 0.2) is 83.7 Å². The first-order chi connectivity index (χ1) is 17.7. The van der Waals surface area contributed by atoms with E-state index in [-0.39, 0.29) is 11.4 Å². The smallest absolute Gasteiger partial charge is 0.290 e. The van der Waals surface area contributed by atoms with Gasteiger partial charge in [0.2, 0.25) is 5.82 Å². The van der Waals surface area contributed by atoms with Gasteiger partial charge in [0.15, 0.2) is 5.52 Å². The van der Waals surface area contributed by atoms with Crippen molar-refractivity contribution in [2.24, 2.45) is 0 Å². The van der Waals surface area contributed by atoms with Crippen molar-refractivity contribution in [3.05, 3.63) is 101 Å². The van der Waals surface area contributed by atoms with Crippen molar-refractivity contribution in [2.75, 3.05) is 0 Å². The van der Waals surface area contributed by atoms with Crippen molar-refractivity contribution < 1.29 is 4.74 Å². The van der Waals surface area contributed by atoms with E-state index in [4.69, 9.17) is 4.74 Å². The number of aryl methyl sites for hydroxylation is 1. The largest absolute Gasteiger partial charge is 0.436 e. The Labute approximate surface area is 204 Å². The third-order valence-corrected chi connectivity index (χ3v) is 5.94. The minimum absolute atomic E-state index is 0.244. The number of H-pyrrole nitrogens is 2. The van der Waals surface area contributed by atoms with Crippen LogP contribution in [-0.2, 0) is 6.54 Å². The monoisotopic (exact) mass is 476 g/mol. The van der Waals surface area contributed by atoms with Gasteiger partial charge < -0.3 is 9.30 Å². The molecule has 0 fully saturated rings. The van der Waals surface area contributed by atoms with Crippen LogP contribution in [0.3, 0.4) is 0 Å². The highest BCUT2D eigenvalue weighted by Gasteiger charge is 2.20. The summed E-state index contributed by atoms with van der Waals surface area (Å²) < 4.78 is 7.81. The third kappa shape index (κ3) is 3.80. The molecule has 0 saturated carbocycles. The second kappa shape index (κ2) is 8.91. The maximum atomic E-state index is 12.9. The van der Waals surface area contributed by atoms with E-state index in [0.29, 0.717) is 35.0 Å². The lowest BCUT2D eigenvalue weighted by Crippen LogP contribution is -2.14. The number of hydrogen-bond donors (Lipinski definition) is 2. The molecular formula is C26H20N8O2. The zero-order valence-electron chi connectivity index (χ0n) is 19.2. The number of ether oxygens (including phenoxy) is 1. The highest BCUT2D eigenvalue weighted by Crippen LogP contribution is 2.33. The summed E-state index contributed by atoms with van der Waals surface area (Å²) in [6.07, 6.45) is 0. The lowest BCUT2D eigenvalue weighted by Gasteiger charge is -2.14. The minimum atomic E-state index is -0.337. The SMILES string of the molecule is Cc1nc2c(Oc3ccccc3)n[nH]c(=O)c2n1Cc1ccccc1-c1ccccc1-c1nn[nH]n1. The highest BCUT2D eigenvalue weighted by atomic mass is 16.5. The third-order valence-electron chi connectivity index (χ3n) is 5.94. The number of aromatic amines is 2. The molecule has 0 spiro atoms. The second-order valence-electron chi connectivity index (χ2n) is 8.15. The summed E-state index contributed by atoms with van der Waals surface area (Å²) in [5, 5.41) is 21.2. The predicted molar refractivity (Wildman–Crippen MR) is 134 cm³/mol. The molecule has 3 heterocycles. The van der Waals surface area contributed by atoms with Gasteiger partial charge in [0.1, 0.15) is 17.1 Å². The Hall–Kier alpha value is -5.12. The van der Waals surface area contributed by atoms with Crippen LogP contribution in [0.5, 0.6) is 11.6 Å². The van der Waals surface area contributed by atoms with Gasteiger partial charge in [-0.05, 0) is 41.0 Å². The maximum absolute atomic E-state index is 12.9. The zero-order chi connectivity index (χ0) is 24.5. The molecule has 0 bridgehead atoms. The van der Waals surface area contributed by atoms with Crippen molar-refractivity contribution in [1.29, 1.82) is 0 Å². The van der Waals surface area contributed by atoms with Gasteiger partial charge in [-0.15, -0.1) is 15.3 Å². The molecule has 36 heavy (non-hydrogen) atoms. The van der Waals surface area contributed by atoms with Gasteiger partial charge >= 0.3 is 0 Å². The number of benzene rings is 3. The van der Waals surface area contributed by atoms with Gasteiger partial charge in [0, 0.05) is 5.56 Å². The van der Waals surface area contributed by atoms with E-state index in [1.807, 2.05) is 90.4 Å². The van der Waals surface area contributed by atoms with Crippen molar-refractivity contribution in [3.8, 4) is 34.1 Å². The minimum Gasteiger partial charge on any atom is -0.436 e. The van der Waals surface area contributed by atoms with E-state index in [1.165, 1.54) is 0 Å². The Morgan fingerprint density at radius 3 is 2.36 bits per heavy atom. The van der Waals surface area contributed by atoms with Crippen LogP contribution in [0, 0.1) is 6.92 Å². The molecule has 2 N–H and O–H groups in total. The summed E-state index contributed by atoms with van der Waals surface area (Å²) in [5.74, 6) is 2.03. The van der Waals surface area contributed by atoms with Crippen molar-refractivity contribution in [1.82, 2.24) is 40.4 Å².